The number of thioether (sulfide) groups is 1. The zero-order valence-electron chi connectivity index (χ0n) is 28.3. The zero-order chi connectivity index (χ0) is 36.4. The molecule has 0 unspecified atom stereocenters. The van der Waals surface area contributed by atoms with E-state index in [4.69, 9.17) is 4.74 Å². The van der Waals surface area contributed by atoms with Crippen LogP contribution in [-0.2, 0) is 24.6 Å². The number of nitrogens with one attached hydrogen (secondary N) is 4. The van der Waals surface area contributed by atoms with Gasteiger partial charge in [-0.1, -0.05) is 19.1 Å². The SMILES string of the molecule is CCCN(CSc1ccccc1N1CCOCC1)c1ccc(S(=O)(=O)N[C@H]2NNC3=CN=C[C@@H]([C@@H]4CCN[C@H](C)C4)N32)cc1S(=O)(=O)C(F)(F)F. The number of para-hydroxylation sites is 1. The average molecular weight is 773 g/mol. The molecule has 2 aromatic rings. The van der Waals surface area contributed by atoms with Gasteiger partial charge >= 0.3 is 5.51 Å². The van der Waals surface area contributed by atoms with Gasteiger partial charge in [-0.25, -0.2) is 16.8 Å². The van der Waals surface area contributed by atoms with Crippen molar-refractivity contribution in [2.24, 2.45) is 10.9 Å². The van der Waals surface area contributed by atoms with Crippen LogP contribution in [0.25, 0.3) is 0 Å². The van der Waals surface area contributed by atoms with Gasteiger partial charge in [0.2, 0.25) is 10.0 Å². The molecule has 4 atom stereocenters. The van der Waals surface area contributed by atoms with Crippen LogP contribution in [0.15, 0.2) is 74.2 Å². The number of piperidine rings is 1. The fourth-order valence-electron chi connectivity index (χ4n) is 6.83. The highest BCUT2D eigenvalue weighted by atomic mass is 32.2. The number of ether oxygens (including phenoxy) is 1. The number of hydrazine groups is 1. The van der Waals surface area contributed by atoms with Gasteiger partial charge in [0.1, 0.15) is 10.7 Å². The number of nitrogens with zero attached hydrogens (tertiary/aromatic N) is 4. The minimum atomic E-state index is -5.97. The highest BCUT2D eigenvalue weighted by Crippen LogP contribution is 2.40. The number of morpholine rings is 1. The number of hydrogen-bond acceptors (Lipinski definition) is 13. The lowest BCUT2D eigenvalue weighted by Crippen LogP contribution is -2.57. The van der Waals surface area contributed by atoms with Crippen LogP contribution >= 0.6 is 11.8 Å². The van der Waals surface area contributed by atoms with Gasteiger partial charge in [-0.2, -0.15) is 23.3 Å². The van der Waals surface area contributed by atoms with Crippen molar-refractivity contribution in [1.29, 1.82) is 0 Å². The molecule has 280 valence electrons. The monoisotopic (exact) mass is 772 g/mol. The predicted octanol–water partition coefficient (Wildman–Crippen LogP) is 3.39. The Kier molecular flexibility index (Phi) is 11.4. The quantitative estimate of drug-likeness (QED) is 0.185. The summed E-state index contributed by atoms with van der Waals surface area (Å²) in [6.07, 6.45) is 4.41. The van der Waals surface area contributed by atoms with E-state index in [0.717, 1.165) is 42.1 Å². The molecule has 19 heteroatoms. The summed E-state index contributed by atoms with van der Waals surface area (Å²) in [5.41, 5.74) is 0.851. The van der Waals surface area contributed by atoms with E-state index in [1.165, 1.54) is 11.8 Å². The fourth-order valence-corrected chi connectivity index (χ4v) is 10.1. The molecule has 2 aromatic carbocycles. The highest BCUT2D eigenvalue weighted by molar-refractivity contribution is 7.99. The van der Waals surface area contributed by atoms with Crippen molar-refractivity contribution in [3.8, 4) is 0 Å². The Hall–Kier alpha value is -3.07. The Balaban J connectivity index is 1.29. The maximum atomic E-state index is 14.2. The minimum absolute atomic E-state index is 0.111. The van der Waals surface area contributed by atoms with E-state index in [9.17, 15) is 30.0 Å². The van der Waals surface area contributed by atoms with E-state index in [2.05, 4.69) is 37.7 Å². The minimum Gasteiger partial charge on any atom is -0.378 e. The third kappa shape index (κ3) is 8.13. The number of alkyl halides is 3. The molecular formula is C32H43F3N8O5S3. The van der Waals surface area contributed by atoms with Gasteiger partial charge in [-0.3, -0.25) is 4.99 Å². The Labute approximate surface area is 301 Å². The summed E-state index contributed by atoms with van der Waals surface area (Å²) >= 11 is 1.36. The first-order chi connectivity index (χ1) is 24.3. The second-order valence-electron chi connectivity index (χ2n) is 12.8. The number of rotatable bonds is 12. The largest absolute Gasteiger partial charge is 0.501 e. The number of anilines is 2. The summed E-state index contributed by atoms with van der Waals surface area (Å²) in [5, 5.41) is 3.40. The van der Waals surface area contributed by atoms with E-state index in [1.807, 2.05) is 31.2 Å². The standard InChI is InChI=1S/C32H43F3N8O5S3/c1-3-12-42(21-49-28-7-5-4-6-25(28)41-13-15-48-16-14-41)26-9-8-24(18-29(26)50(44,45)32(33,34)35)51(46,47)40-31-39-38-30-20-36-19-27(43(30)31)23-10-11-37-22(2)17-23/h4-9,18-20,22-23,27,31,37-40H,3,10-17,21H2,1-2H3/t22-,23-,27+,31-/m1/s1. The van der Waals surface area contributed by atoms with Crippen molar-refractivity contribution in [2.45, 2.75) is 71.7 Å². The van der Waals surface area contributed by atoms with Crippen molar-refractivity contribution < 1.29 is 34.7 Å². The molecule has 0 radical (unpaired) electrons. The van der Waals surface area contributed by atoms with Crippen molar-refractivity contribution in [3.05, 3.63) is 54.5 Å². The Bertz CT molecular complexity index is 1840. The van der Waals surface area contributed by atoms with Crippen LogP contribution in [0.3, 0.4) is 0 Å². The van der Waals surface area contributed by atoms with Crippen molar-refractivity contribution in [3.63, 3.8) is 0 Å². The number of fused-ring (bicyclic) bond motifs is 1. The number of aliphatic imine (C=N–C) groups is 1. The maximum Gasteiger partial charge on any atom is 0.501 e. The van der Waals surface area contributed by atoms with Gasteiger partial charge < -0.3 is 30.2 Å². The molecule has 4 N–H and O–H groups in total. The summed E-state index contributed by atoms with van der Waals surface area (Å²) < 4.78 is 105. The summed E-state index contributed by atoms with van der Waals surface area (Å²) in [6.45, 7) is 7.41. The number of benzene rings is 2. The Morgan fingerprint density at radius 3 is 2.61 bits per heavy atom. The Morgan fingerprint density at radius 2 is 1.88 bits per heavy atom. The van der Waals surface area contributed by atoms with Crippen LogP contribution in [-0.4, -0.2) is 97.1 Å². The van der Waals surface area contributed by atoms with Crippen LogP contribution in [0, 0.1) is 5.92 Å². The number of sulfonamides is 1. The molecule has 3 saturated heterocycles. The van der Waals surface area contributed by atoms with Crippen LogP contribution in [0.4, 0.5) is 24.5 Å². The maximum absolute atomic E-state index is 14.2. The predicted molar refractivity (Wildman–Crippen MR) is 190 cm³/mol. The lowest BCUT2D eigenvalue weighted by molar-refractivity contribution is -0.0435. The first-order valence-corrected chi connectivity index (χ1v) is 20.8. The van der Waals surface area contributed by atoms with Crippen LogP contribution in [0.5, 0.6) is 0 Å². The molecule has 0 saturated carbocycles. The molecule has 0 bridgehead atoms. The third-order valence-electron chi connectivity index (χ3n) is 9.33. The molecule has 4 heterocycles. The molecule has 6 rings (SSSR count). The van der Waals surface area contributed by atoms with E-state index in [0.29, 0.717) is 44.6 Å². The van der Waals surface area contributed by atoms with E-state index >= 15 is 0 Å². The van der Waals surface area contributed by atoms with E-state index in [1.54, 1.807) is 22.2 Å². The van der Waals surface area contributed by atoms with Crippen molar-refractivity contribution in [1.82, 2.24) is 25.8 Å². The van der Waals surface area contributed by atoms with Gasteiger partial charge in [0.15, 0.2) is 6.29 Å². The summed E-state index contributed by atoms with van der Waals surface area (Å²) in [5.74, 6) is 0.785. The number of halogens is 3. The molecule has 4 aliphatic heterocycles. The lowest BCUT2D eigenvalue weighted by Gasteiger charge is -2.40. The normalized spacial score (nSPS) is 24.2. The molecule has 3 fully saturated rings. The second kappa shape index (κ2) is 15.5. The molecular weight excluding hydrogens is 730 g/mol. The van der Waals surface area contributed by atoms with Crippen molar-refractivity contribution in [2.75, 3.05) is 55.1 Å². The first kappa shape index (κ1) is 37.7. The molecule has 51 heavy (non-hydrogen) atoms. The van der Waals surface area contributed by atoms with E-state index in [-0.39, 0.29) is 36.1 Å². The lowest BCUT2D eigenvalue weighted by atomic mass is 9.86. The van der Waals surface area contributed by atoms with Crippen LogP contribution in [0.1, 0.15) is 33.1 Å². The van der Waals surface area contributed by atoms with Gasteiger partial charge in [0.25, 0.3) is 9.84 Å². The summed E-state index contributed by atoms with van der Waals surface area (Å²) in [6, 6.07) is 10.5. The van der Waals surface area contributed by atoms with Gasteiger partial charge in [-0.15, -0.1) is 11.8 Å². The number of sulfone groups is 1. The zero-order valence-corrected chi connectivity index (χ0v) is 30.7. The molecule has 0 spiro atoms. The topological polar surface area (TPSA) is 148 Å². The van der Waals surface area contributed by atoms with Gasteiger partial charge in [0.05, 0.1) is 47.6 Å². The molecule has 13 nitrogen and oxygen atoms in total. The van der Waals surface area contributed by atoms with Gasteiger partial charge in [0, 0.05) is 36.8 Å². The highest BCUT2D eigenvalue weighted by Gasteiger charge is 2.49. The van der Waals surface area contributed by atoms with Gasteiger partial charge in [-0.05, 0) is 69.0 Å². The summed E-state index contributed by atoms with van der Waals surface area (Å²) in [7, 11) is -10.5. The third-order valence-corrected chi connectivity index (χ3v) is 13.3. The molecule has 0 aliphatic carbocycles. The molecule has 4 aliphatic rings. The number of hydrogen-bond donors (Lipinski definition) is 4. The first-order valence-electron chi connectivity index (χ1n) is 16.8. The van der Waals surface area contributed by atoms with Crippen molar-refractivity contribution >= 4 is 49.2 Å². The van der Waals surface area contributed by atoms with Crippen LogP contribution in [0.2, 0.25) is 0 Å². The molecule has 0 aromatic heterocycles. The fraction of sp³-hybridized carbons (Fsp3) is 0.531. The average Bonchev–Trinajstić information content (AvgIpc) is 3.52. The molecule has 0 amide bonds. The summed E-state index contributed by atoms with van der Waals surface area (Å²) in [4.78, 5) is 8.97. The van der Waals surface area contributed by atoms with E-state index < -0.39 is 41.4 Å². The van der Waals surface area contributed by atoms with Crippen LogP contribution < -0.4 is 30.7 Å². The second-order valence-corrected chi connectivity index (χ2v) is 17.4. The Morgan fingerprint density at radius 1 is 1.12 bits per heavy atom. The smallest absolute Gasteiger partial charge is 0.378 e.